The molecule has 0 unspecified atom stereocenters. The zero-order valence-corrected chi connectivity index (χ0v) is 16.4. The molecule has 0 aliphatic rings. The molecule has 5 N–H and O–H groups in total. The van der Waals surface area contributed by atoms with Gasteiger partial charge in [0.05, 0.1) is 6.21 Å². The first-order chi connectivity index (χ1) is 12.0. The Balaban J connectivity index is 0.00000625. The van der Waals surface area contributed by atoms with Crippen LogP contribution in [0.1, 0.15) is 5.56 Å². The van der Waals surface area contributed by atoms with E-state index in [1.807, 2.05) is 0 Å². The minimum absolute atomic E-state index is 0. The summed E-state index contributed by atoms with van der Waals surface area (Å²) in [5, 5.41) is 22.9. The van der Waals surface area contributed by atoms with Gasteiger partial charge in [-0.05, 0) is 48.7 Å². The third-order valence-electron chi connectivity index (χ3n) is 2.60. The Morgan fingerprint density at radius 3 is 2.27 bits per heavy atom. The van der Waals surface area contributed by atoms with Crippen LogP contribution in [0, 0.1) is 0 Å². The number of ether oxygens (including phenoxy) is 1. The monoisotopic (exact) mass is 445 g/mol. The van der Waals surface area contributed by atoms with E-state index < -0.39 is 12.6 Å². The number of aliphatic carboxylic acids is 1. The summed E-state index contributed by atoms with van der Waals surface area (Å²) in [5.74, 6) is -0.620. The number of nitrogens with zero attached hydrogens (tertiary/aromatic N) is 2. The van der Waals surface area contributed by atoms with Gasteiger partial charge in [0.2, 0.25) is 0 Å². The minimum atomic E-state index is -1.05. The average Bonchev–Trinajstić information content (AvgIpc) is 2.62. The van der Waals surface area contributed by atoms with Crippen molar-refractivity contribution in [1.82, 2.24) is 21.5 Å². The normalized spacial score (nSPS) is 10.5. The van der Waals surface area contributed by atoms with E-state index in [9.17, 15) is 4.79 Å². The van der Waals surface area contributed by atoms with Crippen LogP contribution in [-0.2, 0) is 21.9 Å². The summed E-state index contributed by atoms with van der Waals surface area (Å²) in [6.07, 6.45) is 1.46. The zero-order valence-electron chi connectivity index (χ0n) is 13.9. The second-order valence-electron chi connectivity index (χ2n) is 4.34. The van der Waals surface area contributed by atoms with E-state index in [4.69, 9.17) is 34.3 Å². The molecule has 0 fully saturated rings. The molecular formula is C14H18CuN6O3S2. The molecule has 0 saturated carbocycles. The van der Waals surface area contributed by atoms with Crippen LogP contribution in [0.4, 0.5) is 0 Å². The van der Waals surface area contributed by atoms with Crippen LogP contribution < -0.4 is 26.2 Å². The number of carbonyl (C=O) groups is 1. The number of hydrogen-bond donors (Lipinski definition) is 5. The maximum atomic E-state index is 10.5. The molecule has 1 radical (unpaired) electrons. The first kappa shape index (κ1) is 23.7. The molecular weight excluding hydrogens is 428 g/mol. The van der Waals surface area contributed by atoms with Crippen molar-refractivity contribution >= 4 is 52.6 Å². The quantitative estimate of drug-likeness (QED) is 0.171. The van der Waals surface area contributed by atoms with Crippen LogP contribution in [-0.4, -0.2) is 53.9 Å². The Bertz CT molecular complexity index is 682. The first-order valence-corrected chi connectivity index (χ1v) is 7.79. The van der Waals surface area contributed by atoms with Gasteiger partial charge in [-0.25, -0.2) is 4.79 Å². The number of hydrazone groups is 2. The molecule has 0 bridgehead atoms. The van der Waals surface area contributed by atoms with Gasteiger partial charge >= 0.3 is 5.97 Å². The van der Waals surface area contributed by atoms with E-state index in [1.165, 1.54) is 6.21 Å². The summed E-state index contributed by atoms with van der Waals surface area (Å²) < 4.78 is 5.09. The fourth-order valence-electron chi connectivity index (χ4n) is 1.41. The Labute approximate surface area is 172 Å². The Kier molecular flexibility index (Phi) is 11.9. The predicted molar refractivity (Wildman–Crippen MR) is 104 cm³/mol. The largest absolute Gasteiger partial charge is 0.482 e. The molecule has 12 heteroatoms. The molecule has 0 atom stereocenters. The second kappa shape index (κ2) is 13.0. The summed E-state index contributed by atoms with van der Waals surface area (Å²) in [6, 6.07) is 6.68. The first-order valence-electron chi connectivity index (χ1n) is 6.97. The van der Waals surface area contributed by atoms with E-state index in [-0.39, 0.29) is 17.1 Å². The third kappa shape index (κ3) is 9.27. The maximum absolute atomic E-state index is 10.5. The number of carboxylic acids is 1. The van der Waals surface area contributed by atoms with Gasteiger partial charge in [0.15, 0.2) is 16.8 Å². The van der Waals surface area contributed by atoms with Crippen LogP contribution in [0.3, 0.4) is 0 Å². The SMILES string of the molecule is CNC(=S)NN=CC(=NNC(=S)NC)c1ccc(OCC(=O)O)cc1.[Cu]. The van der Waals surface area contributed by atoms with E-state index in [0.29, 0.717) is 27.2 Å². The molecule has 1 aromatic carbocycles. The standard InChI is InChI=1S/C14H18N6O3S2.Cu/c1-15-13(24)19-17-7-11(18-20-14(25)16-2)9-3-5-10(6-4-9)23-8-12(21)22;/h3-7H,8H2,1-2H3,(H,21,22)(H2,15,19,24)(H2,16,20,25);. The van der Waals surface area contributed by atoms with Crippen LogP contribution in [0.15, 0.2) is 34.5 Å². The molecule has 0 aliphatic carbocycles. The summed E-state index contributed by atoms with van der Waals surface area (Å²) >= 11 is 9.91. The summed E-state index contributed by atoms with van der Waals surface area (Å²) in [4.78, 5) is 10.5. The average molecular weight is 446 g/mol. The second-order valence-corrected chi connectivity index (χ2v) is 5.16. The molecule has 0 saturated heterocycles. The molecule has 0 aromatic heterocycles. The van der Waals surface area contributed by atoms with Crippen molar-refractivity contribution in [3.05, 3.63) is 29.8 Å². The topological polar surface area (TPSA) is 119 Å². The molecule has 145 valence electrons. The van der Waals surface area contributed by atoms with E-state index in [2.05, 4.69) is 31.7 Å². The number of thiocarbonyl (C=S) groups is 2. The van der Waals surface area contributed by atoms with Crippen molar-refractivity contribution in [3.8, 4) is 5.75 Å². The van der Waals surface area contributed by atoms with Crippen molar-refractivity contribution in [2.45, 2.75) is 0 Å². The molecule has 0 amide bonds. The zero-order chi connectivity index (χ0) is 18.7. The van der Waals surface area contributed by atoms with Gasteiger partial charge in [-0.1, -0.05) is 0 Å². The van der Waals surface area contributed by atoms with Gasteiger partial charge in [-0.15, -0.1) is 0 Å². The van der Waals surface area contributed by atoms with Crippen LogP contribution in [0.25, 0.3) is 0 Å². The molecule has 0 aliphatic heterocycles. The van der Waals surface area contributed by atoms with Gasteiger partial charge in [0, 0.05) is 36.7 Å². The van der Waals surface area contributed by atoms with Crippen molar-refractivity contribution in [2.75, 3.05) is 20.7 Å². The smallest absolute Gasteiger partial charge is 0.341 e. The summed E-state index contributed by atoms with van der Waals surface area (Å²) in [7, 11) is 3.34. The molecule has 0 spiro atoms. The van der Waals surface area contributed by atoms with Crippen molar-refractivity contribution in [3.63, 3.8) is 0 Å². The van der Waals surface area contributed by atoms with E-state index in [1.54, 1.807) is 38.4 Å². The van der Waals surface area contributed by atoms with Gasteiger partial charge in [-0.3, -0.25) is 10.9 Å². The van der Waals surface area contributed by atoms with Crippen molar-refractivity contribution in [1.29, 1.82) is 0 Å². The Morgan fingerprint density at radius 2 is 1.73 bits per heavy atom. The molecule has 9 nitrogen and oxygen atoms in total. The Hall–Kier alpha value is -2.27. The molecule has 1 rings (SSSR count). The number of hydrogen-bond acceptors (Lipinski definition) is 6. The fourth-order valence-corrected chi connectivity index (χ4v) is 1.51. The van der Waals surface area contributed by atoms with E-state index in [0.717, 1.165) is 0 Å². The fraction of sp³-hybridized carbons (Fsp3) is 0.214. The van der Waals surface area contributed by atoms with Crippen molar-refractivity contribution < 1.29 is 31.7 Å². The molecule has 1 aromatic rings. The van der Waals surface area contributed by atoms with Gasteiger partial charge in [0.25, 0.3) is 0 Å². The summed E-state index contributed by atoms with van der Waals surface area (Å²) in [5.41, 5.74) is 6.46. The number of nitrogens with one attached hydrogen (secondary N) is 4. The van der Waals surface area contributed by atoms with Crippen molar-refractivity contribution in [2.24, 2.45) is 10.2 Å². The summed E-state index contributed by atoms with van der Waals surface area (Å²) in [6.45, 7) is -0.412. The number of carboxylic acid groups (broad SMARTS) is 1. The molecule has 26 heavy (non-hydrogen) atoms. The minimum Gasteiger partial charge on any atom is -0.482 e. The van der Waals surface area contributed by atoms with Crippen LogP contribution in [0.5, 0.6) is 5.75 Å². The van der Waals surface area contributed by atoms with Crippen LogP contribution >= 0.6 is 24.4 Å². The maximum Gasteiger partial charge on any atom is 0.341 e. The third-order valence-corrected chi connectivity index (χ3v) is 3.19. The van der Waals surface area contributed by atoms with E-state index >= 15 is 0 Å². The van der Waals surface area contributed by atoms with Crippen LogP contribution in [0.2, 0.25) is 0 Å². The van der Waals surface area contributed by atoms with Gasteiger partial charge in [0.1, 0.15) is 11.5 Å². The number of benzene rings is 1. The number of rotatable bonds is 7. The predicted octanol–water partition coefficient (Wildman–Crippen LogP) is 0.0252. The van der Waals surface area contributed by atoms with Gasteiger partial charge < -0.3 is 20.5 Å². The Morgan fingerprint density at radius 1 is 1.15 bits per heavy atom. The molecule has 0 heterocycles. The van der Waals surface area contributed by atoms with Gasteiger partial charge in [-0.2, -0.15) is 10.2 Å².